The zero-order valence-corrected chi connectivity index (χ0v) is 12.1. The van der Waals surface area contributed by atoms with Crippen molar-refractivity contribution in [3.8, 4) is 11.5 Å². The number of esters is 1. The molecule has 1 aromatic carbocycles. The van der Waals surface area contributed by atoms with Crippen molar-refractivity contribution in [1.29, 1.82) is 0 Å². The Hall–Kier alpha value is -1.26. The number of carbonyl (C=O) groups excluding carboxylic acids is 1. The van der Waals surface area contributed by atoms with Crippen molar-refractivity contribution in [1.82, 2.24) is 5.32 Å². The molecule has 1 N–H and O–H groups in total. The molecule has 106 valence electrons. The summed E-state index contributed by atoms with van der Waals surface area (Å²) < 4.78 is 10.4. The Labute approximate surface area is 119 Å². The summed E-state index contributed by atoms with van der Waals surface area (Å²) in [5, 5.41) is 3.48. The molecule has 4 nitrogen and oxygen atoms in total. The normalized spacial score (nSPS) is 18.3. The lowest BCUT2D eigenvalue weighted by molar-refractivity contribution is -0.132. The number of methoxy groups -OCH3 is 1. The topological polar surface area (TPSA) is 47.6 Å². The van der Waals surface area contributed by atoms with Crippen LogP contribution in [0.2, 0.25) is 0 Å². The van der Waals surface area contributed by atoms with Crippen molar-refractivity contribution >= 4 is 18.4 Å². The second kappa shape index (κ2) is 7.36. The monoisotopic (exact) mass is 285 g/mol. The number of benzene rings is 1. The number of rotatable bonds is 3. The van der Waals surface area contributed by atoms with Crippen molar-refractivity contribution in [2.75, 3.05) is 13.7 Å². The molecule has 5 heteroatoms. The Bertz CT molecular complexity index is 431. The van der Waals surface area contributed by atoms with E-state index in [0.29, 0.717) is 17.5 Å². The van der Waals surface area contributed by atoms with Crippen LogP contribution in [0.1, 0.15) is 37.8 Å². The van der Waals surface area contributed by atoms with Crippen molar-refractivity contribution in [2.24, 2.45) is 0 Å². The van der Waals surface area contributed by atoms with Gasteiger partial charge in [-0.1, -0.05) is 12.5 Å². The van der Waals surface area contributed by atoms with Crippen LogP contribution >= 0.6 is 12.4 Å². The molecule has 1 fully saturated rings. The van der Waals surface area contributed by atoms with Crippen LogP contribution in [0.4, 0.5) is 0 Å². The molecule has 1 saturated heterocycles. The van der Waals surface area contributed by atoms with Gasteiger partial charge in [-0.15, -0.1) is 12.4 Å². The molecule has 0 amide bonds. The summed E-state index contributed by atoms with van der Waals surface area (Å²) in [7, 11) is 1.58. The first-order chi connectivity index (χ1) is 8.70. The first-order valence-corrected chi connectivity index (χ1v) is 6.30. The summed E-state index contributed by atoms with van der Waals surface area (Å²) in [5.41, 5.74) is 1.18. The van der Waals surface area contributed by atoms with Gasteiger partial charge < -0.3 is 14.8 Å². The zero-order chi connectivity index (χ0) is 13.0. The highest BCUT2D eigenvalue weighted by Gasteiger charge is 2.17. The predicted molar refractivity (Wildman–Crippen MR) is 76.1 cm³/mol. The lowest BCUT2D eigenvalue weighted by Gasteiger charge is -2.24. The van der Waals surface area contributed by atoms with Crippen molar-refractivity contribution < 1.29 is 14.3 Å². The molecule has 0 radical (unpaired) electrons. The summed E-state index contributed by atoms with van der Waals surface area (Å²) >= 11 is 0. The van der Waals surface area contributed by atoms with E-state index in [4.69, 9.17) is 9.47 Å². The van der Waals surface area contributed by atoms with Crippen LogP contribution in [0.15, 0.2) is 18.2 Å². The highest BCUT2D eigenvalue weighted by molar-refractivity contribution is 5.85. The Morgan fingerprint density at radius 3 is 2.68 bits per heavy atom. The molecule has 1 heterocycles. The number of piperidine rings is 1. The molecule has 1 aliphatic rings. The molecule has 0 saturated carbocycles. The molecule has 1 atom stereocenters. The van der Waals surface area contributed by atoms with Crippen molar-refractivity contribution in [2.45, 2.75) is 32.2 Å². The van der Waals surface area contributed by atoms with Crippen LogP contribution in [0, 0.1) is 0 Å². The van der Waals surface area contributed by atoms with E-state index in [2.05, 4.69) is 5.32 Å². The molecular weight excluding hydrogens is 266 g/mol. The second-order valence-corrected chi connectivity index (χ2v) is 4.51. The van der Waals surface area contributed by atoms with E-state index in [1.54, 1.807) is 13.2 Å². The number of carbonyl (C=O) groups is 1. The summed E-state index contributed by atoms with van der Waals surface area (Å²) in [4.78, 5) is 11.0. The van der Waals surface area contributed by atoms with E-state index in [9.17, 15) is 4.79 Å². The lowest BCUT2D eigenvalue weighted by atomic mass is 9.97. The Balaban J connectivity index is 0.00000180. The van der Waals surface area contributed by atoms with Gasteiger partial charge in [-0.05, 0) is 37.1 Å². The van der Waals surface area contributed by atoms with Gasteiger partial charge in [0.25, 0.3) is 0 Å². The van der Waals surface area contributed by atoms with Crippen LogP contribution in [0.5, 0.6) is 11.5 Å². The van der Waals surface area contributed by atoms with Crippen molar-refractivity contribution in [3.63, 3.8) is 0 Å². The van der Waals surface area contributed by atoms with Gasteiger partial charge >= 0.3 is 5.97 Å². The number of hydrogen-bond donors (Lipinski definition) is 1. The van der Waals surface area contributed by atoms with Crippen molar-refractivity contribution in [3.05, 3.63) is 23.8 Å². The standard InChI is InChI=1S/C14H19NO3.ClH/c1-10(16)18-13-7-6-11(9-14(13)17-2)12-5-3-4-8-15-12;/h6-7,9,12,15H,3-5,8H2,1-2H3;1H/t12-;/m1./s1. The zero-order valence-electron chi connectivity index (χ0n) is 11.3. The van der Waals surface area contributed by atoms with Gasteiger partial charge in [0.2, 0.25) is 0 Å². The van der Waals surface area contributed by atoms with Crippen LogP contribution in [-0.2, 0) is 4.79 Å². The van der Waals surface area contributed by atoms with Crippen LogP contribution in [0.25, 0.3) is 0 Å². The lowest BCUT2D eigenvalue weighted by Crippen LogP contribution is -2.26. The minimum atomic E-state index is -0.336. The fraction of sp³-hybridized carbons (Fsp3) is 0.500. The molecule has 0 spiro atoms. The average molecular weight is 286 g/mol. The van der Waals surface area contributed by atoms with Gasteiger partial charge in [0.1, 0.15) is 0 Å². The van der Waals surface area contributed by atoms with Crippen LogP contribution in [-0.4, -0.2) is 19.6 Å². The fourth-order valence-corrected chi connectivity index (χ4v) is 2.28. The number of hydrogen-bond acceptors (Lipinski definition) is 4. The number of nitrogens with one attached hydrogen (secondary N) is 1. The van der Waals surface area contributed by atoms with Gasteiger partial charge in [0.15, 0.2) is 11.5 Å². The first kappa shape index (κ1) is 15.8. The quantitative estimate of drug-likeness (QED) is 0.685. The SMILES string of the molecule is COc1cc([C@H]2CCCCN2)ccc1OC(C)=O.Cl. The highest BCUT2D eigenvalue weighted by Crippen LogP contribution is 2.32. The molecule has 1 aliphatic heterocycles. The third-order valence-electron chi connectivity index (χ3n) is 3.15. The minimum Gasteiger partial charge on any atom is -0.493 e. The fourth-order valence-electron chi connectivity index (χ4n) is 2.28. The van der Waals surface area contributed by atoms with Gasteiger partial charge in [-0.25, -0.2) is 0 Å². The molecular formula is C14H20ClNO3. The Morgan fingerprint density at radius 2 is 2.11 bits per heavy atom. The summed E-state index contributed by atoms with van der Waals surface area (Å²) in [6, 6.07) is 6.11. The molecule has 0 unspecified atom stereocenters. The molecule has 1 aromatic rings. The van der Waals surface area contributed by atoms with E-state index in [1.165, 1.54) is 25.3 Å². The summed E-state index contributed by atoms with van der Waals surface area (Å²) in [5.74, 6) is 0.747. The van der Waals surface area contributed by atoms with E-state index >= 15 is 0 Å². The molecule has 0 aliphatic carbocycles. The first-order valence-electron chi connectivity index (χ1n) is 6.30. The maximum atomic E-state index is 11.0. The largest absolute Gasteiger partial charge is 0.493 e. The van der Waals surface area contributed by atoms with Gasteiger partial charge in [-0.2, -0.15) is 0 Å². The summed E-state index contributed by atoms with van der Waals surface area (Å²) in [6.45, 7) is 2.44. The maximum absolute atomic E-state index is 11.0. The third-order valence-corrected chi connectivity index (χ3v) is 3.15. The maximum Gasteiger partial charge on any atom is 0.308 e. The molecule has 19 heavy (non-hydrogen) atoms. The molecule has 0 bridgehead atoms. The molecule has 2 rings (SSSR count). The smallest absolute Gasteiger partial charge is 0.308 e. The third kappa shape index (κ3) is 4.11. The van der Waals surface area contributed by atoms with Gasteiger partial charge in [-0.3, -0.25) is 4.79 Å². The van der Waals surface area contributed by atoms with Crippen LogP contribution < -0.4 is 14.8 Å². The van der Waals surface area contributed by atoms with E-state index in [1.807, 2.05) is 12.1 Å². The number of halogens is 1. The highest BCUT2D eigenvalue weighted by atomic mass is 35.5. The van der Waals surface area contributed by atoms with E-state index in [0.717, 1.165) is 13.0 Å². The molecule has 0 aromatic heterocycles. The number of ether oxygens (including phenoxy) is 2. The van der Waals surface area contributed by atoms with E-state index in [-0.39, 0.29) is 18.4 Å². The second-order valence-electron chi connectivity index (χ2n) is 4.51. The minimum absolute atomic E-state index is 0. The van der Waals surface area contributed by atoms with Gasteiger partial charge in [0.05, 0.1) is 7.11 Å². The van der Waals surface area contributed by atoms with Crippen LogP contribution in [0.3, 0.4) is 0 Å². The average Bonchev–Trinajstić information content (AvgIpc) is 2.39. The predicted octanol–water partition coefficient (Wildman–Crippen LogP) is 2.86. The van der Waals surface area contributed by atoms with Gasteiger partial charge in [0, 0.05) is 13.0 Å². The summed E-state index contributed by atoms with van der Waals surface area (Å²) in [6.07, 6.45) is 3.61. The van der Waals surface area contributed by atoms with E-state index < -0.39 is 0 Å². The Kier molecular flexibility index (Phi) is 6.12. The Morgan fingerprint density at radius 1 is 1.32 bits per heavy atom.